The van der Waals surface area contributed by atoms with Crippen LogP contribution in [0.3, 0.4) is 0 Å². The lowest BCUT2D eigenvalue weighted by atomic mass is 10.2. The molecule has 1 heterocycles. The lowest BCUT2D eigenvalue weighted by Crippen LogP contribution is -1.99. The van der Waals surface area contributed by atoms with E-state index in [1.807, 2.05) is 0 Å². The maximum atomic E-state index is 12.5. The Kier molecular flexibility index (Phi) is 3.40. The molecule has 72 valence electrons. The molecule has 0 aromatic carbocycles. The molecule has 0 N–H and O–H groups in total. The third kappa shape index (κ3) is 2.26. The molecule has 1 aromatic rings. The lowest BCUT2D eigenvalue weighted by molar-refractivity contribution is 0.145. The van der Waals surface area contributed by atoms with Gasteiger partial charge in [0.15, 0.2) is 0 Å². The maximum absolute atomic E-state index is 12.5. The van der Waals surface area contributed by atoms with E-state index in [4.69, 9.17) is 4.74 Å². The summed E-state index contributed by atoms with van der Waals surface area (Å²) in [7, 11) is 1.37. The summed E-state index contributed by atoms with van der Waals surface area (Å²) >= 11 is 1.78. The minimum absolute atomic E-state index is 0.131. The summed E-state index contributed by atoms with van der Waals surface area (Å²) < 4.78 is 30.1. The van der Waals surface area contributed by atoms with E-state index in [1.165, 1.54) is 13.2 Å². The minimum Gasteiger partial charge on any atom is -0.496 e. The van der Waals surface area contributed by atoms with Crippen LogP contribution >= 0.6 is 22.6 Å². The first-order chi connectivity index (χ1) is 6.06. The number of aryl methyl sites for hydroxylation is 1. The average Bonchev–Trinajstić information content (AvgIpc) is 2.01. The molecule has 0 amide bonds. The van der Waals surface area contributed by atoms with Gasteiger partial charge in [0.05, 0.1) is 12.7 Å². The van der Waals surface area contributed by atoms with Gasteiger partial charge >= 0.3 is 0 Å². The van der Waals surface area contributed by atoms with Gasteiger partial charge in [-0.1, -0.05) is 0 Å². The van der Waals surface area contributed by atoms with Crippen LogP contribution in [0.15, 0.2) is 6.07 Å². The van der Waals surface area contributed by atoms with E-state index >= 15 is 0 Å². The molecular weight excluding hydrogens is 291 g/mol. The Balaban J connectivity index is 3.30. The molecule has 0 bridgehead atoms. The second-order valence-electron chi connectivity index (χ2n) is 2.47. The van der Waals surface area contributed by atoms with Crippen LogP contribution in [0.1, 0.15) is 17.7 Å². The Bertz CT molecular complexity index is 317. The van der Waals surface area contributed by atoms with Crippen LogP contribution < -0.4 is 4.74 Å². The minimum atomic E-state index is -2.55. The Morgan fingerprint density at radius 3 is 2.62 bits per heavy atom. The van der Waals surface area contributed by atoms with E-state index in [0.29, 0.717) is 9.39 Å². The molecular formula is C8H8F2INO. The summed E-state index contributed by atoms with van der Waals surface area (Å²) in [6.45, 7) is 1.74. The molecule has 0 aliphatic rings. The highest BCUT2D eigenvalue weighted by Gasteiger charge is 2.19. The van der Waals surface area contributed by atoms with Gasteiger partial charge in [0.25, 0.3) is 6.43 Å². The summed E-state index contributed by atoms with van der Waals surface area (Å²) in [4.78, 5) is 3.93. The third-order valence-electron chi connectivity index (χ3n) is 1.54. The number of halogens is 3. The van der Waals surface area contributed by atoms with Crippen molar-refractivity contribution in [2.24, 2.45) is 0 Å². The van der Waals surface area contributed by atoms with Crippen molar-refractivity contribution in [1.29, 1.82) is 0 Å². The van der Waals surface area contributed by atoms with Crippen LogP contribution in [-0.2, 0) is 0 Å². The van der Waals surface area contributed by atoms with Crippen molar-refractivity contribution < 1.29 is 13.5 Å². The van der Waals surface area contributed by atoms with Crippen LogP contribution in [0.5, 0.6) is 5.75 Å². The van der Waals surface area contributed by atoms with Gasteiger partial charge in [-0.2, -0.15) is 0 Å². The molecule has 2 nitrogen and oxygen atoms in total. The number of rotatable bonds is 2. The molecule has 1 aromatic heterocycles. The Morgan fingerprint density at radius 2 is 2.15 bits per heavy atom. The Hall–Kier alpha value is -0.460. The van der Waals surface area contributed by atoms with Crippen LogP contribution in [0.2, 0.25) is 0 Å². The van der Waals surface area contributed by atoms with Crippen LogP contribution in [-0.4, -0.2) is 12.1 Å². The second kappa shape index (κ2) is 4.17. The number of methoxy groups -OCH3 is 1. The number of ether oxygens (including phenoxy) is 1. The fraction of sp³-hybridized carbons (Fsp3) is 0.375. The highest BCUT2D eigenvalue weighted by molar-refractivity contribution is 14.1. The maximum Gasteiger partial charge on any atom is 0.269 e. The molecule has 5 heteroatoms. The third-order valence-corrected chi connectivity index (χ3v) is 2.36. The summed E-state index contributed by atoms with van der Waals surface area (Å²) in [5.74, 6) is 0.201. The Morgan fingerprint density at radius 1 is 1.54 bits per heavy atom. The largest absolute Gasteiger partial charge is 0.496 e. The van der Waals surface area contributed by atoms with Gasteiger partial charge < -0.3 is 4.74 Å². The molecule has 0 saturated carbocycles. The molecule has 0 radical (unpaired) electrons. The van der Waals surface area contributed by atoms with E-state index in [9.17, 15) is 8.78 Å². The van der Waals surface area contributed by atoms with E-state index in [0.717, 1.165) is 0 Å². The number of alkyl halides is 2. The monoisotopic (exact) mass is 299 g/mol. The summed E-state index contributed by atoms with van der Waals surface area (Å²) in [6, 6.07) is 1.50. The molecule has 0 aliphatic carbocycles. The van der Waals surface area contributed by atoms with Gasteiger partial charge in [0.2, 0.25) is 0 Å². The van der Waals surface area contributed by atoms with Crippen molar-refractivity contribution >= 4 is 22.6 Å². The average molecular weight is 299 g/mol. The van der Waals surface area contributed by atoms with E-state index in [1.54, 1.807) is 29.5 Å². The molecule has 13 heavy (non-hydrogen) atoms. The zero-order valence-electron chi connectivity index (χ0n) is 7.14. The molecule has 0 unspecified atom stereocenters. The topological polar surface area (TPSA) is 22.1 Å². The number of nitrogens with zero attached hydrogens (tertiary/aromatic N) is 1. The number of hydrogen-bond donors (Lipinski definition) is 0. The standard InChI is InChI=1S/C8H8F2INO/c1-4-3-5(13-2)6(7(9)10)8(11)12-4/h3,7H,1-2H3. The van der Waals surface area contributed by atoms with Crippen molar-refractivity contribution in [3.63, 3.8) is 0 Å². The van der Waals surface area contributed by atoms with Crippen LogP contribution in [0, 0.1) is 10.6 Å². The molecule has 0 aliphatic heterocycles. The highest BCUT2D eigenvalue weighted by atomic mass is 127. The SMILES string of the molecule is COc1cc(C)nc(I)c1C(F)F. The predicted octanol–water partition coefficient (Wildman–Crippen LogP) is 2.94. The lowest BCUT2D eigenvalue weighted by Gasteiger charge is -2.09. The number of pyridine rings is 1. The number of hydrogen-bond acceptors (Lipinski definition) is 2. The van der Waals surface area contributed by atoms with Gasteiger partial charge in [0, 0.05) is 11.8 Å². The predicted molar refractivity (Wildman–Crippen MR) is 53.2 cm³/mol. The number of aromatic nitrogens is 1. The van der Waals surface area contributed by atoms with Gasteiger partial charge in [-0.15, -0.1) is 0 Å². The summed E-state index contributed by atoms with van der Waals surface area (Å²) in [5, 5.41) is 0. The highest BCUT2D eigenvalue weighted by Crippen LogP contribution is 2.32. The van der Waals surface area contributed by atoms with Crippen LogP contribution in [0.4, 0.5) is 8.78 Å². The molecule has 0 atom stereocenters. The molecule has 1 rings (SSSR count). The van der Waals surface area contributed by atoms with Crippen molar-refractivity contribution in [3.05, 3.63) is 21.0 Å². The summed E-state index contributed by atoms with van der Waals surface area (Å²) in [6.07, 6.45) is -2.55. The molecule has 0 spiro atoms. The fourth-order valence-corrected chi connectivity index (χ4v) is 1.86. The van der Waals surface area contributed by atoms with E-state index in [2.05, 4.69) is 4.98 Å². The first kappa shape index (κ1) is 10.6. The van der Waals surface area contributed by atoms with Crippen molar-refractivity contribution in [3.8, 4) is 5.75 Å². The van der Waals surface area contributed by atoms with Crippen molar-refractivity contribution in [1.82, 2.24) is 4.98 Å². The first-order valence-electron chi connectivity index (χ1n) is 3.55. The molecule has 0 fully saturated rings. The second-order valence-corrected chi connectivity index (χ2v) is 3.49. The van der Waals surface area contributed by atoms with E-state index in [-0.39, 0.29) is 11.3 Å². The van der Waals surface area contributed by atoms with Gasteiger partial charge in [0.1, 0.15) is 9.45 Å². The fourth-order valence-electron chi connectivity index (χ4n) is 0.983. The summed E-state index contributed by atoms with van der Waals surface area (Å²) in [5.41, 5.74) is 0.541. The van der Waals surface area contributed by atoms with Crippen molar-refractivity contribution in [2.75, 3.05) is 7.11 Å². The van der Waals surface area contributed by atoms with Crippen molar-refractivity contribution in [2.45, 2.75) is 13.3 Å². The van der Waals surface area contributed by atoms with Gasteiger partial charge in [-0.05, 0) is 29.5 Å². The smallest absolute Gasteiger partial charge is 0.269 e. The van der Waals surface area contributed by atoms with Crippen LogP contribution in [0.25, 0.3) is 0 Å². The zero-order chi connectivity index (χ0) is 10.0. The Labute approximate surface area is 88.5 Å². The zero-order valence-corrected chi connectivity index (χ0v) is 9.30. The first-order valence-corrected chi connectivity index (χ1v) is 4.63. The van der Waals surface area contributed by atoms with Gasteiger partial charge in [-0.25, -0.2) is 13.8 Å². The van der Waals surface area contributed by atoms with E-state index < -0.39 is 6.43 Å². The normalized spacial score (nSPS) is 10.6. The molecule has 0 saturated heterocycles. The van der Waals surface area contributed by atoms with Gasteiger partial charge in [-0.3, -0.25) is 0 Å². The quantitative estimate of drug-likeness (QED) is 0.619.